The number of amides is 2. The Labute approximate surface area is 162 Å². The van der Waals surface area contributed by atoms with Gasteiger partial charge in [0.1, 0.15) is 0 Å². The Bertz CT molecular complexity index is 833. The van der Waals surface area contributed by atoms with Crippen molar-refractivity contribution in [3.63, 3.8) is 0 Å². The minimum Gasteiger partial charge on any atom is -0.326 e. The summed E-state index contributed by atoms with van der Waals surface area (Å²) in [5.41, 5.74) is 5.32. The predicted molar refractivity (Wildman–Crippen MR) is 106 cm³/mol. The Morgan fingerprint density at radius 2 is 1.73 bits per heavy atom. The summed E-state index contributed by atoms with van der Waals surface area (Å²) in [7, 11) is 0. The molecule has 0 fully saturated rings. The van der Waals surface area contributed by atoms with Crippen molar-refractivity contribution >= 4 is 46.4 Å². The SMILES string of the molecule is CC(CC(=O)Nc1ccc(C)c(Cl)c1)=NNC(=O)Cc1ccc(Cl)cc1. The highest BCUT2D eigenvalue weighted by molar-refractivity contribution is 6.31. The smallest absolute Gasteiger partial charge is 0.244 e. The summed E-state index contributed by atoms with van der Waals surface area (Å²) in [4.78, 5) is 23.9. The molecule has 2 aromatic rings. The highest BCUT2D eigenvalue weighted by atomic mass is 35.5. The number of halogens is 2. The Kier molecular flexibility index (Phi) is 7.18. The van der Waals surface area contributed by atoms with Gasteiger partial charge >= 0.3 is 0 Å². The van der Waals surface area contributed by atoms with Crippen LogP contribution in [0.25, 0.3) is 0 Å². The first-order chi connectivity index (χ1) is 12.3. The largest absolute Gasteiger partial charge is 0.326 e. The molecule has 0 aliphatic rings. The third-order valence-electron chi connectivity index (χ3n) is 3.52. The molecule has 7 heteroatoms. The van der Waals surface area contributed by atoms with E-state index in [1.165, 1.54) is 0 Å². The van der Waals surface area contributed by atoms with Gasteiger partial charge in [0.15, 0.2) is 0 Å². The number of anilines is 1. The third kappa shape index (κ3) is 6.50. The topological polar surface area (TPSA) is 70.6 Å². The van der Waals surface area contributed by atoms with E-state index in [-0.39, 0.29) is 24.7 Å². The van der Waals surface area contributed by atoms with Gasteiger partial charge in [-0.05, 0) is 49.2 Å². The number of rotatable bonds is 6. The second-order valence-corrected chi connectivity index (χ2v) is 6.72. The maximum absolute atomic E-state index is 12.0. The fraction of sp³-hybridized carbons (Fsp3) is 0.211. The third-order valence-corrected chi connectivity index (χ3v) is 4.18. The average Bonchev–Trinajstić information content (AvgIpc) is 2.58. The van der Waals surface area contributed by atoms with E-state index in [2.05, 4.69) is 15.8 Å². The molecule has 0 unspecified atom stereocenters. The molecule has 0 aliphatic carbocycles. The number of nitrogens with zero attached hydrogens (tertiary/aromatic N) is 1. The minimum absolute atomic E-state index is 0.0622. The van der Waals surface area contributed by atoms with Crippen LogP contribution in [0.3, 0.4) is 0 Å². The lowest BCUT2D eigenvalue weighted by atomic mass is 10.1. The number of benzene rings is 2. The summed E-state index contributed by atoms with van der Waals surface area (Å²) in [5.74, 6) is -0.504. The monoisotopic (exact) mass is 391 g/mol. The molecule has 5 nitrogen and oxygen atoms in total. The van der Waals surface area contributed by atoms with Gasteiger partial charge in [-0.2, -0.15) is 5.10 Å². The first kappa shape index (κ1) is 19.9. The lowest BCUT2D eigenvalue weighted by Crippen LogP contribution is -2.22. The molecular formula is C19H19Cl2N3O2. The Morgan fingerprint density at radius 3 is 2.38 bits per heavy atom. The van der Waals surface area contributed by atoms with Crippen LogP contribution < -0.4 is 10.7 Å². The lowest BCUT2D eigenvalue weighted by molar-refractivity contribution is -0.120. The molecule has 0 aliphatic heterocycles. The van der Waals surface area contributed by atoms with E-state index >= 15 is 0 Å². The van der Waals surface area contributed by atoms with Gasteiger partial charge in [0, 0.05) is 21.4 Å². The van der Waals surface area contributed by atoms with Crippen molar-refractivity contribution in [3.05, 3.63) is 63.6 Å². The van der Waals surface area contributed by atoms with Crippen molar-refractivity contribution in [2.45, 2.75) is 26.7 Å². The van der Waals surface area contributed by atoms with Crippen LogP contribution >= 0.6 is 23.2 Å². The van der Waals surface area contributed by atoms with Gasteiger partial charge in [0.2, 0.25) is 11.8 Å². The molecule has 0 aromatic heterocycles. The second kappa shape index (κ2) is 9.36. The Hall–Kier alpha value is -2.37. The van der Waals surface area contributed by atoms with E-state index in [1.54, 1.807) is 43.3 Å². The van der Waals surface area contributed by atoms with Crippen LogP contribution in [0.5, 0.6) is 0 Å². The standard InChI is InChI=1S/C19H19Cl2N3O2/c1-12-3-8-16(11-17(12)21)22-18(25)9-13(2)23-24-19(26)10-14-4-6-15(20)7-5-14/h3-8,11H,9-10H2,1-2H3,(H,22,25)(H,24,26). The van der Waals surface area contributed by atoms with E-state index in [0.717, 1.165) is 11.1 Å². The van der Waals surface area contributed by atoms with Crippen LogP contribution in [-0.4, -0.2) is 17.5 Å². The zero-order valence-electron chi connectivity index (χ0n) is 14.5. The molecule has 2 rings (SSSR count). The van der Waals surface area contributed by atoms with E-state index in [9.17, 15) is 9.59 Å². The van der Waals surface area contributed by atoms with E-state index in [0.29, 0.717) is 21.4 Å². The fourth-order valence-corrected chi connectivity index (χ4v) is 2.44. The minimum atomic E-state index is -0.266. The van der Waals surface area contributed by atoms with Gasteiger partial charge in [0.05, 0.1) is 12.8 Å². The molecule has 0 saturated heterocycles. The van der Waals surface area contributed by atoms with Gasteiger partial charge in [-0.25, -0.2) is 5.43 Å². The number of hydrogen-bond donors (Lipinski definition) is 2. The van der Waals surface area contributed by atoms with Crippen molar-refractivity contribution in [2.75, 3.05) is 5.32 Å². The summed E-state index contributed by atoms with van der Waals surface area (Å²) < 4.78 is 0. The first-order valence-electron chi connectivity index (χ1n) is 7.96. The number of carbonyl (C=O) groups excluding carboxylic acids is 2. The molecule has 2 aromatic carbocycles. The van der Waals surface area contributed by atoms with Crippen molar-refractivity contribution in [1.29, 1.82) is 0 Å². The molecule has 0 spiro atoms. The summed E-state index contributed by atoms with van der Waals surface area (Å²) in [6.07, 6.45) is 0.245. The molecule has 136 valence electrons. The normalized spacial score (nSPS) is 11.2. The van der Waals surface area contributed by atoms with Crippen LogP contribution in [0, 0.1) is 6.92 Å². The van der Waals surface area contributed by atoms with Crippen molar-refractivity contribution in [3.8, 4) is 0 Å². The highest BCUT2D eigenvalue weighted by Crippen LogP contribution is 2.20. The summed E-state index contributed by atoms with van der Waals surface area (Å²) in [6.45, 7) is 3.56. The summed E-state index contributed by atoms with van der Waals surface area (Å²) >= 11 is 11.8. The van der Waals surface area contributed by atoms with E-state index < -0.39 is 0 Å². The summed E-state index contributed by atoms with van der Waals surface area (Å²) in [6, 6.07) is 12.3. The van der Waals surface area contributed by atoms with Gasteiger partial charge in [0.25, 0.3) is 0 Å². The summed E-state index contributed by atoms with van der Waals surface area (Å²) in [5, 5.41) is 7.90. The molecule has 2 amide bonds. The highest BCUT2D eigenvalue weighted by Gasteiger charge is 2.07. The number of hydrazone groups is 1. The first-order valence-corrected chi connectivity index (χ1v) is 8.71. The predicted octanol–water partition coefficient (Wildman–Crippen LogP) is 4.37. The molecule has 0 saturated carbocycles. The molecule has 0 radical (unpaired) electrons. The molecule has 2 N–H and O–H groups in total. The van der Waals surface area contributed by atoms with E-state index in [4.69, 9.17) is 23.2 Å². The van der Waals surface area contributed by atoms with Gasteiger partial charge < -0.3 is 5.32 Å². The Morgan fingerprint density at radius 1 is 1.04 bits per heavy atom. The number of aryl methyl sites for hydroxylation is 1. The number of hydrogen-bond acceptors (Lipinski definition) is 3. The van der Waals surface area contributed by atoms with Gasteiger partial charge in [-0.3, -0.25) is 9.59 Å². The number of carbonyl (C=O) groups is 2. The average molecular weight is 392 g/mol. The van der Waals surface area contributed by atoms with Crippen LogP contribution in [0.15, 0.2) is 47.6 Å². The molecular weight excluding hydrogens is 373 g/mol. The van der Waals surface area contributed by atoms with Crippen LogP contribution in [0.2, 0.25) is 10.0 Å². The van der Waals surface area contributed by atoms with Crippen LogP contribution in [0.1, 0.15) is 24.5 Å². The van der Waals surface area contributed by atoms with Crippen LogP contribution in [0.4, 0.5) is 5.69 Å². The molecule has 26 heavy (non-hydrogen) atoms. The fourth-order valence-electron chi connectivity index (χ4n) is 2.13. The van der Waals surface area contributed by atoms with Crippen molar-refractivity contribution < 1.29 is 9.59 Å². The van der Waals surface area contributed by atoms with Gasteiger partial charge in [-0.15, -0.1) is 0 Å². The maximum Gasteiger partial charge on any atom is 0.244 e. The van der Waals surface area contributed by atoms with Crippen molar-refractivity contribution in [1.82, 2.24) is 5.43 Å². The number of nitrogens with one attached hydrogen (secondary N) is 2. The van der Waals surface area contributed by atoms with Crippen LogP contribution in [-0.2, 0) is 16.0 Å². The molecule has 0 bridgehead atoms. The zero-order valence-corrected chi connectivity index (χ0v) is 16.0. The van der Waals surface area contributed by atoms with E-state index in [1.807, 2.05) is 13.0 Å². The quantitative estimate of drug-likeness (QED) is 0.566. The molecule has 0 atom stereocenters. The van der Waals surface area contributed by atoms with Gasteiger partial charge in [-0.1, -0.05) is 41.4 Å². The maximum atomic E-state index is 12.0. The zero-order chi connectivity index (χ0) is 19.1. The van der Waals surface area contributed by atoms with Crippen molar-refractivity contribution in [2.24, 2.45) is 5.10 Å². The molecule has 0 heterocycles. The second-order valence-electron chi connectivity index (χ2n) is 5.87. The lowest BCUT2D eigenvalue weighted by Gasteiger charge is -2.07. The Balaban J connectivity index is 1.82.